The van der Waals surface area contributed by atoms with Gasteiger partial charge in [0.1, 0.15) is 11.5 Å². The van der Waals surface area contributed by atoms with Crippen LogP contribution in [0.25, 0.3) is 0 Å². The summed E-state index contributed by atoms with van der Waals surface area (Å²) >= 11 is 0. The molecule has 1 spiro atoms. The number of amides is 1. The zero-order valence-electron chi connectivity index (χ0n) is 13.5. The number of carboxylic acids is 1. The Hall–Kier alpha value is -2.54. The third kappa shape index (κ3) is 1.84. The Morgan fingerprint density at radius 1 is 1.36 bits per heavy atom. The number of nitrogens with zero attached hydrogens (tertiary/aromatic N) is 1. The second kappa shape index (κ2) is 4.76. The largest absolute Gasteiger partial charge is 0.481 e. The van der Waals surface area contributed by atoms with Crippen LogP contribution in [-0.4, -0.2) is 46.9 Å². The Morgan fingerprint density at radius 3 is 2.96 bits per heavy atom. The van der Waals surface area contributed by atoms with Crippen molar-refractivity contribution in [2.24, 2.45) is 11.8 Å². The van der Waals surface area contributed by atoms with E-state index in [-0.39, 0.29) is 18.7 Å². The Kier molecular flexibility index (Phi) is 2.81. The minimum Gasteiger partial charge on any atom is -0.481 e. The van der Waals surface area contributed by atoms with Gasteiger partial charge in [0.25, 0.3) is 0 Å². The Bertz CT molecular complexity index is 820. The number of aliphatic carboxylic acids is 1. The van der Waals surface area contributed by atoms with Crippen LogP contribution in [-0.2, 0) is 14.3 Å². The number of hydrogen-bond acceptors (Lipinski definition) is 5. The van der Waals surface area contributed by atoms with Crippen molar-refractivity contribution >= 4 is 11.9 Å². The molecule has 7 nitrogen and oxygen atoms in total. The van der Waals surface area contributed by atoms with E-state index in [0.717, 1.165) is 5.56 Å². The van der Waals surface area contributed by atoms with Gasteiger partial charge in [-0.25, -0.2) is 0 Å². The molecule has 2 saturated heterocycles. The number of carbonyl (C=O) groups excluding carboxylic acids is 1. The van der Waals surface area contributed by atoms with E-state index in [1.54, 1.807) is 11.0 Å². The lowest BCUT2D eigenvalue weighted by Crippen LogP contribution is -2.39. The minimum atomic E-state index is -0.979. The second-order valence-electron chi connectivity index (χ2n) is 6.99. The van der Waals surface area contributed by atoms with Gasteiger partial charge in [-0.15, -0.1) is 0 Å². The van der Waals surface area contributed by atoms with Gasteiger partial charge in [0.05, 0.1) is 24.6 Å². The highest BCUT2D eigenvalue weighted by Crippen LogP contribution is 2.53. The summed E-state index contributed by atoms with van der Waals surface area (Å²) in [5.41, 5.74) is 0.106. The summed E-state index contributed by atoms with van der Waals surface area (Å²) in [5, 5.41) is 9.53. The molecule has 1 N–H and O–H groups in total. The number of carboxylic acid groups (broad SMARTS) is 1. The van der Waals surface area contributed by atoms with Crippen LogP contribution in [0.1, 0.15) is 18.5 Å². The summed E-state index contributed by atoms with van der Waals surface area (Å²) in [6.45, 7) is 2.49. The molecule has 0 radical (unpaired) electrons. The van der Waals surface area contributed by atoms with Crippen molar-refractivity contribution in [3.8, 4) is 11.5 Å². The maximum Gasteiger partial charge on any atom is 0.310 e. The summed E-state index contributed by atoms with van der Waals surface area (Å²) in [7, 11) is 0. The van der Waals surface area contributed by atoms with Crippen molar-refractivity contribution in [2.75, 3.05) is 13.3 Å². The van der Waals surface area contributed by atoms with Gasteiger partial charge in [0, 0.05) is 0 Å². The highest BCUT2D eigenvalue weighted by Gasteiger charge is 2.67. The molecule has 2 fully saturated rings. The molecule has 0 aromatic heterocycles. The van der Waals surface area contributed by atoms with Crippen molar-refractivity contribution in [3.05, 3.63) is 35.9 Å². The lowest BCUT2D eigenvalue weighted by Gasteiger charge is -2.27. The molecule has 1 amide bonds. The molecule has 4 heterocycles. The summed E-state index contributed by atoms with van der Waals surface area (Å²) in [6.07, 6.45) is 3.14. The molecule has 5 rings (SSSR count). The predicted octanol–water partition coefficient (Wildman–Crippen LogP) is 1.34. The zero-order valence-corrected chi connectivity index (χ0v) is 13.5. The fourth-order valence-electron chi connectivity index (χ4n) is 4.49. The molecule has 5 atom stereocenters. The van der Waals surface area contributed by atoms with Crippen LogP contribution in [0.15, 0.2) is 30.4 Å². The van der Waals surface area contributed by atoms with Gasteiger partial charge in [-0.1, -0.05) is 18.2 Å². The number of carbonyl (C=O) groups is 2. The van der Waals surface area contributed by atoms with Crippen LogP contribution in [0, 0.1) is 11.8 Å². The highest BCUT2D eigenvalue weighted by atomic mass is 16.7. The van der Waals surface area contributed by atoms with Crippen LogP contribution in [0.5, 0.6) is 11.5 Å². The summed E-state index contributed by atoms with van der Waals surface area (Å²) < 4.78 is 16.7. The molecule has 130 valence electrons. The number of rotatable bonds is 3. The van der Waals surface area contributed by atoms with Gasteiger partial charge in [0.15, 0.2) is 11.5 Å². The Morgan fingerprint density at radius 2 is 2.16 bits per heavy atom. The van der Waals surface area contributed by atoms with E-state index in [4.69, 9.17) is 14.2 Å². The first-order valence-corrected chi connectivity index (χ1v) is 8.30. The number of ether oxygens (including phenoxy) is 3. The maximum atomic E-state index is 13.0. The molecule has 7 heteroatoms. The van der Waals surface area contributed by atoms with Crippen LogP contribution in [0.3, 0.4) is 0 Å². The monoisotopic (exact) mass is 343 g/mol. The molecule has 1 aromatic carbocycles. The molecule has 0 unspecified atom stereocenters. The van der Waals surface area contributed by atoms with Gasteiger partial charge >= 0.3 is 5.97 Å². The van der Waals surface area contributed by atoms with E-state index in [9.17, 15) is 14.7 Å². The van der Waals surface area contributed by atoms with Crippen LogP contribution < -0.4 is 9.47 Å². The van der Waals surface area contributed by atoms with E-state index in [1.807, 2.05) is 31.2 Å². The molecule has 0 saturated carbocycles. The zero-order chi connectivity index (χ0) is 17.3. The quantitative estimate of drug-likeness (QED) is 0.834. The summed E-state index contributed by atoms with van der Waals surface area (Å²) in [4.78, 5) is 26.4. The van der Waals surface area contributed by atoms with Gasteiger partial charge in [-0.2, -0.15) is 0 Å². The van der Waals surface area contributed by atoms with Gasteiger partial charge in [-0.05, 0) is 24.6 Å². The van der Waals surface area contributed by atoms with E-state index in [1.165, 1.54) is 0 Å². The first-order valence-electron chi connectivity index (χ1n) is 8.30. The topological polar surface area (TPSA) is 85.3 Å². The van der Waals surface area contributed by atoms with Crippen LogP contribution in [0.2, 0.25) is 0 Å². The molecule has 0 aliphatic carbocycles. The molecular formula is C18H17NO6. The highest BCUT2D eigenvalue weighted by molar-refractivity contribution is 5.91. The minimum absolute atomic E-state index is 0.163. The van der Waals surface area contributed by atoms with E-state index >= 15 is 0 Å². The van der Waals surface area contributed by atoms with Crippen molar-refractivity contribution < 1.29 is 28.9 Å². The van der Waals surface area contributed by atoms with Gasteiger partial charge in [0.2, 0.25) is 12.7 Å². The number of benzene rings is 1. The summed E-state index contributed by atoms with van der Waals surface area (Å²) in [5.74, 6) is -1.26. The predicted molar refractivity (Wildman–Crippen MR) is 84.1 cm³/mol. The summed E-state index contributed by atoms with van der Waals surface area (Å²) in [6, 6.07) is 5.39. The van der Waals surface area contributed by atoms with E-state index in [2.05, 4.69) is 0 Å². The SMILES string of the molecule is C[C@@H](c1ccc2c(c1)OCO2)N1C[C@@]23C=C[C@@H](O2)[C@H](C(=O)O)[C@@H]3C1=O. The molecule has 25 heavy (non-hydrogen) atoms. The lowest BCUT2D eigenvalue weighted by atomic mass is 9.77. The number of likely N-dealkylation sites (tertiary alicyclic amines) is 1. The lowest BCUT2D eigenvalue weighted by molar-refractivity contribution is -0.148. The van der Waals surface area contributed by atoms with Crippen molar-refractivity contribution in [2.45, 2.75) is 24.7 Å². The van der Waals surface area contributed by atoms with Crippen LogP contribution in [0.4, 0.5) is 0 Å². The second-order valence-corrected chi connectivity index (χ2v) is 6.99. The number of hydrogen-bond donors (Lipinski definition) is 1. The molecule has 4 aliphatic rings. The van der Waals surface area contributed by atoms with Crippen molar-refractivity contribution in [1.82, 2.24) is 4.90 Å². The first kappa shape index (κ1) is 14.8. The average molecular weight is 343 g/mol. The Balaban J connectivity index is 1.47. The van der Waals surface area contributed by atoms with Gasteiger partial charge in [-0.3, -0.25) is 9.59 Å². The number of fused-ring (bicyclic) bond motifs is 2. The van der Waals surface area contributed by atoms with E-state index < -0.39 is 29.5 Å². The molecule has 2 bridgehead atoms. The Labute approximate surface area is 143 Å². The fraction of sp³-hybridized carbons (Fsp3) is 0.444. The maximum absolute atomic E-state index is 13.0. The fourth-order valence-corrected chi connectivity index (χ4v) is 4.49. The normalized spacial score (nSPS) is 35.3. The third-order valence-corrected chi connectivity index (χ3v) is 5.76. The molecule has 1 aromatic rings. The average Bonchev–Trinajstić information content (AvgIpc) is 3.33. The van der Waals surface area contributed by atoms with Crippen molar-refractivity contribution in [3.63, 3.8) is 0 Å². The van der Waals surface area contributed by atoms with E-state index in [0.29, 0.717) is 18.0 Å². The standard InChI is InChI=1S/C18H17NO6/c1-9(10-2-3-11-13(6-10)24-8-23-11)19-7-18-5-4-12(25-18)14(17(21)22)15(18)16(19)20/h2-6,9,12,14-15H,7-8H2,1H3,(H,21,22)/t9-,12+,14-,15+,18+/m0/s1. The third-order valence-electron chi connectivity index (χ3n) is 5.76. The van der Waals surface area contributed by atoms with Crippen molar-refractivity contribution in [1.29, 1.82) is 0 Å². The first-order chi connectivity index (χ1) is 12.0. The molecular weight excluding hydrogens is 326 g/mol. The smallest absolute Gasteiger partial charge is 0.310 e. The van der Waals surface area contributed by atoms with Crippen LogP contribution >= 0.6 is 0 Å². The van der Waals surface area contributed by atoms with Gasteiger partial charge < -0.3 is 24.2 Å². The molecule has 4 aliphatic heterocycles.